The Labute approximate surface area is 70.6 Å². The van der Waals surface area contributed by atoms with Crippen LogP contribution in [-0.2, 0) is 6.18 Å². The van der Waals surface area contributed by atoms with Gasteiger partial charge in [-0.3, -0.25) is 0 Å². The van der Waals surface area contributed by atoms with Crippen molar-refractivity contribution < 1.29 is 13.2 Å². The molecule has 0 bridgehead atoms. The number of aromatic nitrogens is 3. The van der Waals surface area contributed by atoms with E-state index < -0.39 is 12.0 Å². The zero-order valence-electron chi connectivity index (χ0n) is 6.26. The number of nitrogens with one attached hydrogen (secondary N) is 1. The number of hydrogen-bond acceptors (Lipinski definition) is 2. The summed E-state index contributed by atoms with van der Waals surface area (Å²) in [5.41, 5.74) is 0.197. The number of H-pyrrole nitrogens is 1. The molecule has 0 aromatic carbocycles. The fourth-order valence-electron chi connectivity index (χ4n) is 0.976. The van der Waals surface area contributed by atoms with Gasteiger partial charge in [-0.2, -0.15) is 13.2 Å². The third-order valence-electron chi connectivity index (χ3n) is 1.55. The fraction of sp³-hybridized carbons (Fsp3) is 0.143. The van der Waals surface area contributed by atoms with Crippen molar-refractivity contribution in [2.45, 2.75) is 6.18 Å². The molecule has 0 spiro atoms. The van der Waals surface area contributed by atoms with Gasteiger partial charge < -0.3 is 4.98 Å². The summed E-state index contributed by atoms with van der Waals surface area (Å²) >= 11 is 0. The highest BCUT2D eigenvalue weighted by Crippen LogP contribution is 2.26. The van der Waals surface area contributed by atoms with E-state index >= 15 is 0 Å². The molecule has 0 saturated heterocycles. The number of aromatic amines is 1. The quantitative estimate of drug-likeness (QED) is 0.685. The zero-order chi connectivity index (χ0) is 9.47. The Kier molecular flexibility index (Phi) is 1.51. The van der Waals surface area contributed by atoms with E-state index in [9.17, 15) is 13.2 Å². The largest absolute Gasteiger partial charge is 0.451 e. The van der Waals surface area contributed by atoms with Gasteiger partial charge in [0.1, 0.15) is 5.65 Å². The highest BCUT2D eigenvalue weighted by atomic mass is 19.4. The predicted octanol–water partition coefficient (Wildman–Crippen LogP) is 1.98. The first-order chi connectivity index (χ1) is 6.07. The second kappa shape index (κ2) is 2.45. The molecular weight excluding hydrogens is 183 g/mol. The Bertz CT molecular complexity index is 432. The highest BCUT2D eigenvalue weighted by Gasteiger charge is 2.34. The van der Waals surface area contributed by atoms with Crippen LogP contribution in [0.2, 0.25) is 0 Å². The first-order valence-electron chi connectivity index (χ1n) is 3.45. The number of nitrogens with zero attached hydrogens (tertiary/aromatic N) is 2. The maximum absolute atomic E-state index is 12.1. The lowest BCUT2D eigenvalue weighted by atomic mass is 10.4. The van der Waals surface area contributed by atoms with E-state index in [1.165, 1.54) is 6.20 Å². The molecule has 2 aromatic heterocycles. The number of halogens is 3. The van der Waals surface area contributed by atoms with Crippen molar-refractivity contribution in [2.24, 2.45) is 0 Å². The van der Waals surface area contributed by atoms with E-state index in [4.69, 9.17) is 0 Å². The van der Waals surface area contributed by atoms with Crippen molar-refractivity contribution in [3.05, 3.63) is 24.3 Å². The zero-order valence-corrected chi connectivity index (χ0v) is 6.26. The molecule has 0 saturated carbocycles. The molecule has 2 aromatic rings. The molecule has 0 atom stereocenters. The summed E-state index contributed by atoms with van der Waals surface area (Å²) in [5.74, 6) is -1.12. The lowest BCUT2D eigenvalue weighted by molar-refractivity contribution is -0.144. The molecule has 0 aliphatic carbocycles. The number of rotatable bonds is 0. The van der Waals surface area contributed by atoms with Crippen LogP contribution >= 0.6 is 0 Å². The van der Waals surface area contributed by atoms with Crippen LogP contribution in [0.15, 0.2) is 18.5 Å². The van der Waals surface area contributed by atoms with E-state index in [-0.39, 0.29) is 5.65 Å². The minimum Gasteiger partial charge on any atom is -0.346 e. The van der Waals surface area contributed by atoms with Gasteiger partial charge in [0.25, 0.3) is 0 Å². The predicted molar refractivity (Wildman–Crippen MR) is 38.9 cm³/mol. The fourth-order valence-corrected chi connectivity index (χ4v) is 0.976. The molecule has 6 heteroatoms. The minimum atomic E-state index is -4.49. The van der Waals surface area contributed by atoms with Gasteiger partial charge >= 0.3 is 6.18 Å². The molecule has 3 nitrogen and oxygen atoms in total. The van der Waals surface area contributed by atoms with Crippen molar-refractivity contribution >= 4 is 11.0 Å². The summed E-state index contributed by atoms with van der Waals surface area (Å²) in [6, 6.07) is 1.61. The third kappa shape index (κ3) is 1.34. The summed E-state index contributed by atoms with van der Waals surface area (Å²) in [6.07, 6.45) is -1.83. The van der Waals surface area contributed by atoms with E-state index in [2.05, 4.69) is 15.0 Å². The Balaban J connectivity index is 2.61. The normalized spacial score (nSPS) is 12.2. The molecule has 2 rings (SSSR count). The van der Waals surface area contributed by atoms with Crippen LogP contribution in [0, 0.1) is 0 Å². The topological polar surface area (TPSA) is 41.6 Å². The van der Waals surface area contributed by atoms with Crippen LogP contribution in [0.1, 0.15) is 5.82 Å². The monoisotopic (exact) mass is 187 g/mol. The molecule has 0 amide bonds. The van der Waals surface area contributed by atoms with Gasteiger partial charge in [0.2, 0.25) is 5.82 Å². The average Bonchev–Trinajstić information content (AvgIpc) is 2.47. The Morgan fingerprint density at radius 2 is 2.08 bits per heavy atom. The second-order valence-electron chi connectivity index (χ2n) is 2.47. The molecule has 2 heterocycles. The highest BCUT2D eigenvalue weighted by molar-refractivity contribution is 5.73. The molecule has 0 radical (unpaired) electrons. The van der Waals surface area contributed by atoms with Crippen LogP contribution in [0.25, 0.3) is 11.0 Å². The molecule has 0 fully saturated rings. The summed E-state index contributed by atoms with van der Waals surface area (Å²) < 4.78 is 36.2. The van der Waals surface area contributed by atoms with Crippen molar-refractivity contribution in [1.29, 1.82) is 0 Å². The molecule has 13 heavy (non-hydrogen) atoms. The molecular formula is C7H4F3N3. The van der Waals surface area contributed by atoms with Gasteiger partial charge in [-0.25, -0.2) is 9.97 Å². The van der Waals surface area contributed by atoms with Crippen LogP contribution in [0.5, 0.6) is 0 Å². The Morgan fingerprint density at radius 1 is 1.31 bits per heavy atom. The van der Waals surface area contributed by atoms with Crippen molar-refractivity contribution in [1.82, 2.24) is 15.0 Å². The minimum absolute atomic E-state index is 0.197. The lowest BCUT2D eigenvalue weighted by Gasteiger charge is -2.02. The number of alkyl halides is 3. The first-order valence-corrected chi connectivity index (χ1v) is 3.45. The van der Waals surface area contributed by atoms with Crippen LogP contribution in [0.4, 0.5) is 13.2 Å². The third-order valence-corrected chi connectivity index (χ3v) is 1.55. The molecule has 0 unspecified atom stereocenters. The maximum atomic E-state index is 12.1. The van der Waals surface area contributed by atoms with Gasteiger partial charge in [0, 0.05) is 17.8 Å². The number of hydrogen-bond donors (Lipinski definition) is 1. The van der Waals surface area contributed by atoms with E-state index in [0.717, 1.165) is 6.20 Å². The summed E-state index contributed by atoms with van der Waals surface area (Å²) in [4.78, 5) is 9.09. The summed E-state index contributed by atoms with van der Waals surface area (Å²) in [6.45, 7) is 0. The molecule has 1 N–H and O–H groups in total. The maximum Gasteiger partial charge on any atom is 0.451 e. The molecule has 68 valence electrons. The molecule has 0 aliphatic rings. The van der Waals surface area contributed by atoms with Crippen LogP contribution in [0.3, 0.4) is 0 Å². The smallest absolute Gasteiger partial charge is 0.346 e. The van der Waals surface area contributed by atoms with Gasteiger partial charge in [0.15, 0.2) is 0 Å². The van der Waals surface area contributed by atoms with E-state index in [1.807, 2.05) is 0 Å². The van der Waals surface area contributed by atoms with E-state index in [0.29, 0.717) is 5.39 Å². The van der Waals surface area contributed by atoms with Crippen molar-refractivity contribution in [3.63, 3.8) is 0 Å². The van der Waals surface area contributed by atoms with Crippen molar-refractivity contribution in [2.75, 3.05) is 0 Å². The van der Waals surface area contributed by atoms with Gasteiger partial charge in [0.05, 0.1) is 0 Å². The summed E-state index contributed by atoms with van der Waals surface area (Å²) in [7, 11) is 0. The average molecular weight is 187 g/mol. The van der Waals surface area contributed by atoms with Crippen molar-refractivity contribution in [3.8, 4) is 0 Å². The standard InChI is InChI=1S/C7H4F3N3/c8-7(9,10)6-12-3-4-1-2-11-5(4)13-6/h1-3H,(H,11,12,13). The van der Waals surface area contributed by atoms with Gasteiger partial charge in [-0.1, -0.05) is 0 Å². The van der Waals surface area contributed by atoms with Crippen LogP contribution in [-0.4, -0.2) is 15.0 Å². The SMILES string of the molecule is FC(F)(F)c1ncc2cc[nH]c2n1. The van der Waals surface area contributed by atoms with Gasteiger partial charge in [-0.05, 0) is 6.07 Å². The van der Waals surface area contributed by atoms with E-state index in [1.54, 1.807) is 6.07 Å². The second-order valence-corrected chi connectivity index (χ2v) is 2.47. The van der Waals surface area contributed by atoms with Gasteiger partial charge in [-0.15, -0.1) is 0 Å². The number of fused-ring (bicyclic) bond motifs is 1. The molecule has 0 aliphatic heterocycles. The first kappa shape index (κ1) is 8.03. The summed E-state index contributed by atoms with van der Waals surface area (Å²) in [5, 5.41) is 0.563. The lowest BCUT2D eigenvalue weighted by Crippen LogP contribution is -2.10. The Hall–Kier alpha value is -1.59. The Morgan fingerprint density at radius 3 is 2.77 bits per heavy atom. The van der Waals surface area contributed by atoms with Crippen LogP contribution < -0.4 is 0 Å².